The van der Waals surface area contributed by atoms with Crippen LogP contribution in [0.1, 0.15) is 45.7 Å². The van der Waals surface area contributed by atoms with Crippen LogP contribution < -0.4 is 4.74 Å². The van der Waals surface area contributed by atoms with E-state index in [1.54, 1.807) is 42.5 Å². The summed E-state index contributed by atoms with van der Waals surface area (Å²) in [4.78, 5) is 12.3. The molecule has 4 nitrogen and oxygen atoms in total. The Bertz CT molecular complexity index is 1150. The first kappa shape index (κ1) is 23.8. The van der Waals surface area contributed by atoms with Crippen molar-refractivity contribution in [2.24, 2.45) is 0 Å². The summed E-state index contributed by atoms with van der Waals surface area (Å²) in [5.74, 6) is 0.0658. The molecule has 3 aromatic rings. The van der Waals surface area contributed by atoms with Gasteiger partial charge in [0.2, 0.25) is 0 Å². The Morgan fingerprint density at radius 2 is 1.78 bits per heavy atom. The van der Waals surface area contributed by atoms with Gasteiger partial charge in [-0.3, -0.25) is 9.48 Å². The van der Waals surface area contributed by atoms with Gasteiger partial charge in [-0.25, -0.2) is 17.6 Å². The van der Waals surface area contributed by atoms with Gasteiger partial charge in [0.25, 0.3) is 12.9 Å². The number of rotatable bonds is 8. The Hall–Kier alpha value is -2.84. The third kappa shape index (κ3) is 5.31. The monoisotopic (exact) mass is 486 g/mol. The second-order valence-corrected chi connectivity index (χ2v) is 7.43. The third-order valence-electron chi connectivity index (χ3n) is 4.55. The number of carbonyl (C=O) groups excluding carboxylic acids is 1. The van der Waals surface area contributed by atoms with Gasteiger partial charge in [0.1, 0.15) is 17.1 Å². The highest BCUT2D eigenvalue weighted by atomic mass is 35.5. The minimum absolute atomic E-state index is 0.264. The van der Waals surface area contributed by atoms with Crippen molar-refractivity contribution in [1.29, 1.82) is 0 Å². The van der Waals surface area contributed by atoms with Crippen LogP contribution in [-0.2, 0) is 6.54 Å². The summed E-state index contributed by atoms with van der Waals surface area (Å²) >= 11 is 11.5. The largest absolute Gasteiger partial charge is 0.496 e. The Morgan fingerprint density at radius 1 is 1.09 bits per heavy atom. The molecular formula is C22H16Cl2F4N2O2. The molecular weight excluding hydrogens is 471 g/mol. The molecule has 10 heteroatoms. The summed E-state index contributed by atoms with van der Waals surface area (Å²) in [6.45, 7) is -0.290. The lowest BCUT2D eigenvalue weighted by Gasteiger charge is -2.12. The second kappa shape index (κ2) is 10.2. The van der Waals surface area contributed by atoms with Gasteiger partial charge in [-0.05, 0) is 48.0 Å². The van der Waals surface area contributed by atoms with E-state index in [-0.39, 0.29) is 12.3 Å². The number of aromatic nitrogens is 2. The smallest absolute Gasteiger partial charge is 0.283 e. The van der Waals surface area contributed by atoms with Gasteiger partial charge >= 0.3 is 0 Å². The standard InChI is InChI=1S/C22H16Cl2F4N2O2/c1-32-17-9-3-12(2-8-16(31)13-4-6-15(23)7-5-13)10-14(17)11-30-20(22(27)28)18(24)19(29-30)21(25)26/h2-10,21-22H,11H2,1H3/b8-2+. The van der Waals surface area contributed by atoms with E-state index in [0.29, 0.717) is 27.5 Å². The van der Waals surface area contributed by atoms with E-state index < -0.39 is 29.3 Å². The van der Waals surface area contributed by atoms with Crippen molar-refractivity contribution in [1.82, 2.24) is 9.78 Å². The van der Waals surface area contributed by atoms with Gasteiger partial charge in [-0.1, -0.05) is 35.3 Å². The molecule has 2 aromatic carbocycles. The Morgan fingerprint density at radius 3 is 2.38 bits per heavy atom. The van der Waals surface area contributed by atoms with E-state index in [2.05, 4.69) is 5.10 Å². The molecule has 0 aliphatic heterocycles. The molecule has 0 radical (unpaired) electrons. The summed E-state index contributed by atoms with van der Waals surface area (Å²) in [6.07, 6.45) is -3.32. The van der Waals surface area contributed by atoms with E-state index >= 15 is 0 Å². The number of hydrogen-bond acceptors (Lipinski definition) is 3. The van der Waals surface area contributed by atoms with Crippen molar-refractivity contribution in [3.63, 3.8) is 0 Å². The third-order valence-corrected chi connectivity index (χ3v) is 5.19. The lowest BCUT2D eigenvalue weighted by atomic mass is 10.1. The number of nitrogens with zero attached hydrogens (tertiary/aromatic N) is 2. The van der Waals surface area contributed by atoms with Gasteiger partial charge in [-0.15, -0.1) is 0 Å². The molecule has 1 aromatic heterocycles. The fourth-order valence-electron chi connectivity index (χ4n) is 3.01. The van der Waals surface area contributed by atoms with Gasteiger partial charge in [0.15, 0.2) is 5.78 Å². The molecule has 0 bridgehead atoms. The van der Waals surface area contributed by atoms with Crippen molar-refractivity contribution < 1.29 is 27.1 Å². The maximum Gasteiger partial charge on any atom is 0.283 e. The van der Waals surface area contributed by atoms with Gasteiger partial charge < -0.3 is 4.74 Å². The number of allylic oxidation sites excluding steroid dienone is 1. The molecule has 0 saturated heterocycles. The summed E-state index contributed by atoms with van der Waals surface area (Å²) in [7, 11) is 1.38. The molecule has 168 valence electrons. The van der Waals surface area contributed by atoms with Crippen molar-refractivity contribution in [2.75, 3.05) is 7.11 Å². The van der Waals surface area contributed by atoms with Crippen LogP contribution in [0.3, 0.4) is 0 Å². The fraction of sp³-hybridized carbons (Fsp3) is 0.182. The van der Waals surface area contributed by atoms with Crippen molar-refractivity contribution in [2.45, 2.75) is 19.4 Å². The predicted octanol–water partition coefficient (Wildman–Crippen LogP) is 7.02. The Balaban J connectivity index is 1.91. The minimum atomic E-state index is -3.10. The molecule has 0 saturated carbocycles. The van der Waals surface area contributed by atoms with Gasteiger partial charge in [0.05, 0.1) is 18.7 Å². The average Bonchev–Trinajstić information content (AvgIpc) is 3.09. The molecule has 0 N–H and O–H groups in total. The van der Waals surface area contributed by atoms with Crippen LogP contribution in [0.15, 0.2) is 48.5 Å². The Labute approximate surface area is 191 Å². The number of carbonyl (C=O) groups is 1. The van der Waals surface area contributed by atoms with E-state index in [0.717, 1.165) is 4.68 Å². The summed E-state index contributed by atoms with van der Waals surface area (Å²) in [6, 6.07) is 11.2. The topological polar surface area (TPSA) is 44.1 Å². The van der Waals surface area contributed by atoms with Crippen LogP contribution in [0.2, 0.25) is 10.0 Å². The van der Waals surface area contributed by atoms with E-state index in [1.165, 1.54) is 19.3 Å². The maximum atomic E-state index is 13.4. The second-order valence-electron chi connectivity index (χ2n) is 6.62. The molecule has 0 aliphatic rings. The zero-order valence-corrected chi connectivity index (χ0v) is 18.0. The van der Waals surface area contributed by atoms with Crippen LogP contribution in [-0.4, -0.2) is 22.7 Å². The lowest BCUT2D eigenvalue weighted by Crippen LogP contribution is -2.08. The predicted molar refractivity (Wildman–Crippen MR) is 114 cm³/mol. The number of alkyl halides is 4. The normalized spacial score (nSPS) is 11.7. The molecule has 0 amide bonds. The van der Waals surface area contributed by atoms with E-state index in [1.807, 2.05) is 0 Å². The van der Waals surface area contributed by atoms with Crippen LogP contribution in [0.4, 0.5) is 17.6 Å². The minimum Gasteiger partial charge on any atom is -0.496 e. The first-order valence-electron chi connectivity index (χ1n) is 9.18. The Kier molecular flexibility index (Phi) is 7.58. The molecule has 3 rings (SSSR count). The first-order chi connectivity index (χ1) is 15.2. The molecule has 0 aliphatic carbocycles. The van der Waals surface area contributed by atoms with Crippen molar-refractivity contribution in [3.8, 4) is 5.75 Å². The highest BCUT2D eigenvalue weighted by Crippen LogP contribution is 2.35. The number of ether oxygens (including phenoxy) is 1. The lowest BCUT2D eigenvalue weighted by molar-refractivity contribution is 0.104. The molecule has 0 atom stereocenters. The number of benzene rings is 2. The first-order valence-corrected chi connectivity index (χ1v) is 9.94. The van der Waals surface area contributed by atoms with Gasteiger partial charge in [0, 0.05) is 16.1 Å². The zero-order chi connectivity index (χ0) is 23.4. The van der Waals surface area contributed by atoms with Crippen LogP contribution >= 0.6 is 23.2 Å². The summed E-state index contributed by atoms with van der Waals surface area (Å²) in [5, 5.41) is 3.30. The fourth-order valence-corrected chi connectivity index (χ4v) is 3.44. The number of hydrogen-bond donors (Lipinski definition) is 0. The quantitative estimate of drug-likeness (QED) is 0.195. The molecule has 32 heavy (non-hydrogen) atoms. The average molecular weight is 487 g/mol. The van der Waals surface area contributed by atoms with Crippen LogP contribution in [0.5, 0.6) is 5.75 Å². The number of ketones is 1. The van der Waals surface area contributed by atoms with Crippen LogP contribution in [0.25, 0.3) is 6.08 Å². The highest BCUT2D eigenvalue weighted by Gasteiger charge is 2.28. The molecule has 0 unspecified atom stereocenters. The van der Waals surface area contributed by atoms with Crippen molar-refractivity contribution in [3.05, 3.63) is 86.7 Å². The zero-order valence-electron chi connectivity index (χ0n) is 16.5. The number of methoxy groups -OCH3 is 1. The SMILES string of the molecule is COc1ccc(/C=C/C(=O)c2ccc(Cl)cc2)cc1Cn1nc(C(F)F)c(Cl)c1C(F)F. The summed E-state index contributed by atoms with van der Waals surface area (Å²) < 4.78 is 59.1. The summed E-state index contributed by atoms with van der Waals surface area (Å²) in [5.41, 5.74) is -0.329. The van der Waals surface area contributed by atoms with Crippen LogP contribution in [0, 0.1) is 0 Å². The molecule has 0 spiro atoms. The van der Waals surface area contributed by atoms with Gasteiger partial charge in [-0.2, -0.15) is 5.10 Å². The maximum absolute atomic E-state index is 13.4. The molecule has 1 heterocycles. The van der Waals surface area contributed by atoms with E-state index in [9.17, 15) is 22.4 Å². The molecule has 0 fully saturated rings. The van der Waals surface area contributed by atoms with E-state index in [4.69, 9.17) is 27.9 Å². The van der Waals surface area contributed by atoms with Crippen molar-refractivity contribution >= 4 is 35.1 Å². The number of halogens is 6. The highest BCUT2D eigenvalue weighted by molar-refractivity contribution is 6.32.